The Morgan fingerprint density at radius 3 is 2.45 bits per heavy atom. The first-order chi connectivity index (χ1) is 9.22. The number of carbonyl (C=O) groups excluding carboxylic acids is 1. The number of halogens is 2. The molecule has 0 saturated heterocycles. The fourth-order valence-corrected chi connectivity index (χ4v) is 2.90. The van der Waals surface area contributed by atoms with E-state index in [1.54, 1.807) is 0 Å². The average Bonchev–Trinajstić information content (AvgIpc) is 2.30. The van der Waals surface area contributed by atoms with Crippen LogP contribution >= 0.6 is 23.4 Å². The zero-order valence-electron chi connectivity index (χ0n) is 11.4. The fraction of sp³-hybridized carbons (Fsp3) is 0.429. The van der Waals surface area contributed by atoms with Crippen LogP contribution in [-0.4, -0.2) is 16.2 Å². The van der Waals surface area contributed by atoms with Crippen molar-refractivity contribution in [2.75, 3.05) is 0 Å². The Balaban J connectivity index is 2.95. The summed E-state index contributed by atoms with van der Waals surface area (Å²) >= 11 is 6.71. The van der Waals surface area contributed by atoms with Gasteiger partial charge in [0.05, 0.1) is 10.6 Å². The van der Waals surface area contributed by atoms with Crippen LogP contribution in [-0.2, 0) is 4.79 Å². The molecular weight excluding hydrogens is 303 g/mol. The SMILES string of the molecule is CC(C)CC(C)C(=O)Sc1cc(C(=O)O)c(F)cc1Cl. The van der Waals surface area contributed by atoms with Gasteiger partial charge in [0.2, 0.25) is 0 Å². The first-order valence-corrected chi connectivity index (χ1v) is 7.35. The van der Waals surface area contributed by atoms with Gasteiger partial charge < -0.3 is 5.11 Å². The van der Waals surface area contributed by atoms with Gasteiger partial charge >= 0.3 is 5.97 Å². The zero-order chi connectivity index (χ0) is 15.4. The Hall–Kier alpha value is -1.07. The molecule has 0 bridgehead atoms. The maximum atomic E-state index is 13.4. The van der Waals surface area contributed by atoms with E-state index in [2.05, 4.69) is 0 Å². The summed E-state index contributed by atoms with van der Waals surface area (Å²) in [5.74, 6) is -2.08. The predicted octanol–water partition coefficient (Wildman–Crippen LogP) is 4.48. The summed E-state index contributed by atoms with van der Waals surface area (Å²) in [6.45, 7) is 5.84. The molecule has 1 unspecified atom stereocenters. The van der Waals surface area contributed by atoms with Gasteiger partial charge in [-0.1, -0.05) is 44.1 Å². The van der Waals surface area contributed by atoms with Crippen LogP contribution in [0.1, 0.15) is 37.6 Å². The van der Waals surface area contributed by atoms with E-state index in [9.17, 15) is 14.0 Å². The summed E-state index contributed by atoms with van der Waals surface area (Å²) in [4.78, 5) is 23.2. The highest BCUT2D eigenvalue weighted by Crippen LogP contribution is 2.33. The number of benzene rings is 1. The highest BCUT2D eigenvalue weighted by Gasteiger charge is 2.20. The van der Waals surface area contributed by atoms with Crippen LogP contribution in [0.4, 0.5) is 4.39 Å². The van der Waals surface area contributed by atoms with E-state index in [1.165, 1.54) is 0 Å². The van der Waals surface area contributed by atoms with Crippen LogP contribution in [0.5, 0.6) is 0 Å². The number of hydrogen-bond acceptors (Lipinski definition) is 3. The van der Waals surface area contributed by atoms with E-state index in [4.69, 9.17) is 16.7 Å². The van der Waals surface area contributed by atoms with Crippen molar-refractivity contribution in [3.63, 3.8) is 0 Å². The van der Waals surface area contributed by atoms with Crippen LogP contribution in [0.3, 0.4) is 0 Å². The lowest BCUT2D eigenvalue weighted by Gasteiger charge is -2.13. The van der Waals surface area contributed by atoms with Crippen molar-refractivity contribution < 1.29 is 19.1 Å². The van der Waals surface area contributed by atoms with Gasteiger partial charge in [-0.3, -0.25) is 4.79 Å². The number of aromatic carboxylic acids is 1. The van der Waals surface area contributed by atoms with E-state index in [0.29, 0.717) is 5.92 Å². The van der Waals surface area contributed by atoms with Crippen LogP contribution in [0.15, 0.2) is 17.0 Å². The molecule has 0 aliphatic carbocycles. The fourth-order valence-electron chi connectivity index (χ4n) is 1.78. The molecule has 20 heavy (non-hydrogen) atoms. The molecule has 1 N–H and O–H groups in total. The second-order valence-corrected chi connectivity index (χ2v) is 6.47. The molecule has 0 fully saturated rings. The van der Waals surface area contributed by atoms with E-state index >= 15 is 0 Å². The van der Waals surface area contributed by atoms with Gasteiger partial charge in [0.15, 0.2) is 5.12 Å². The Kier molecular flexibility index (Phi) is 6.02. The van der Waals surface area contributed by atoms with Crippen molar-refractivity contribution in [1.29, 1.82) is 0 Å². The van der Waals surface area contributed by atoms with Gasteiger partial charge in [0.1, 0.15) is 5.82 Å². The second-order valence-electron chi connectivity index (χ2n) is 5.02. The normalized spacial score (nSPS) is 12.5. The molecule has 1 atom stereocenters. The number of rotatable bonds is 5. The van der Waals surface area contributed by atoms with Gasteiger partial charge in [0.25, 0.3) is 0 Å². The Morgan fingerprint density at radius 2 is 1.95 bits per heavy atom. The largest absolute Gasteiger partial charge is 0.478 e. The summed E-state index contributed by atoms with van der Waals surface area (Å²) in [5.41, 5.74) is -0.485. The highest BCUT2D eigenvalue weighted by atomic mass is 35.5. The van der Waals surface area contributed by atoms with Crippen LogP contribution in [0.25, 0.3) is 0 Å². The summed E-state index contributed by atoms with van der Waals surface area (Å²) < 4.78 is 13.4. The summed E-state index contributed by atoms with van der Waals surface area (Å²) in [7, 11) is 0. The van der Waals surface area contributed by atoms with Crippen LogP contribution in [0.2, 0.25) is 5.02 Å². The number of carbonyl (C=O) groups is 2. The van der Waals surface area contributed by atoms with E-state index in [1.807, 2.05) is 20.8 Å². The lowest BCUT2D eigenvalue weighted by atomic mass is 10.0. The third kappa shape index (κ3) is 4.49. The molecule has 1 rings (SSSR count). The van der Waals surface area contributed by atoms with E-state index in [0.717, 1.165) is 30.3 Å². The van der Waals surface area contributed by atoms with Gasteiger partial charge in [-0.2, -0.15) is 0 Å². The standard InChI is InChI=1S/C14H16ClFO3S/c1-7(2)4-8(3)14(19)20-12-5-9(13(17)18)11(16)6-10(12)15/h5-8H,4H2,1-3H3,(H,17,18). The van der Waals surface area contributed by atoms with Gasteiger partial charge in [-0.15, -0.1) is 0 Å². The topological polar surface area (TPSA) is 54.4 Å². The molecule has 110 valence electrons. The molecule has 6 heteroatoms. The maximum absolute atomic E-state index is 13.4. The first-order valence-electron chi connectivity index (χ1n) is 6.16. The number of thioether (sulfide) groups is 1. The van der Waals surface area contributed by atoms with E-state index in [-0.39, 0.29) is 21.0 Å². The van der Waals surface area contributed by atoms with Crippen molar-refractivity contribution in [1.82, 2.24) is 0 Å². The molecule has 0 aliphatic heterocycles. The Morgan fingerprint density at radius 1 is 1.35 bits per heavy atom. The smallest absolute Gasteiger partial charge is 0.338 e. The van der Waals surface area contributed by atoms with Crippen LogP contribution < -0.4 is 0 Å². The third-order valence-corrected chi connectivity index (χ3v) is 4.28. The maximum Gasteiger partial charge on any atom is 0.338 e. The molecule has 1 aromatic rings. The van der Waals surface area contributed by atoms with Gasteiger partial charge in [-0.05, 0) is 24.5 Å². The Bertz CT molecular complexity index is 531. The zero-order valence-corrected chi connectivity index (χ0v) is 13.0. The lowest BCUT2D eigenvalue weighted by Crippen LogP contribution is -2.10. The first kappa shape index (κ1) is 17.0. The minimum Gasteiger partial charge on any atom is -0.478 e. The molecular formula is C14H16ClFO3S. The molecule has 0 saturated carbocycles. The molecule has 1 aromatic carbocycles. The van der Waals surface area contributed by atoms with Crippen molar-refractivity contribution in [3.8, 4) is 0 Å². The minimum atomic E-state index is -1.39. The van der Waals surface area contributed by atoms with E-state index < -0.39 is 17.3 Å². The minimum absolute atomic E-state index is 0.0441. The van der Waals surface area contributed by atoms with Crippen molar-refractivity contribution >= 4 is 34.4 Å². The average molecular weight is 319 g/mol. The molecule has 0 amide bonds. The highest BCUT2D eigenvalue weighted by molar-refractivity contribution is 8.13. The quantitative estimate of drug-likeness (QED) is 0.813. The van der Waals surface area contributed by atoms with Crippen molar-refractivity contribution in [2.24, 2.45) is 11.8 Å². The molecule has 3 nitrogen and oxygen atoms in total. The molecule has 0 aliphatic rings. The van der Waals surface area contributed by atoms with Crippen LogP contribution in [0, 0.1) is 17.7 Å². The molecule has 0 heterocycles. The molecule has 0 aromatic heterocycles. The monoisotopic (exact) mass is 318 g/mol. The number of hydrogen-bond donors (Lipinski definition) is 1. The lowest BCUT2D eigenvalue weighted by molar-refractivity contribution is -0.114. The number of carboxylic acid groups (broad SMARTS) is 1. The van der Waals surface area contributed by atoms with Crippen molar-refractivity contribution in [3.05, 3.63) is 28.5 Å². The summed E-state index contributed by atoms with van der Waals surface area (Å²) in [6, 6.07) is 2.03. The van der Waals surface area contributed by atoms with Gasteiger partial charge in [0, 0.05) is 10.8 Å². The van der Waals surface area contributed by atoms with Crippen molar-refractivity contribution in [2.45, 2.75) is 32.1 Å². The predicted molar refractivity (Wildman–Crippen MR) is 77.9 cm³/mol. The Labute approximate surface area is 126 Å². The summed E-state index contributed by atoms with van der Waals surface area (Å²) in [6.07, 6.45) is 0.733. The summed E-state index contributed by atoms with van der Waals surface area (Å²) in [5, 5.41) is 8.80. The molecule has 0 spiro atoms. The van der Waals surface area contributed by atoms with Gasteiger partial charge in [-0.25, -0.2) is 9.18 Å². The number of carboxylic acids is 1. The molecule has 0 radical (unpaired) electrons. The second kappa shape index (κ2) is 7.09. The third-order valence-electron chi connectivity index (χ3n) is 2.69.